The van der Waals surface area contributed by atoms with Crippen LogP contribution in [0.15, 0.2) is 60.8 Å². The van der Waals surface area contributed by atoms with Crippen molar-refractivity contribution >= 4 is 5.95 Å². The Morgan fingerprint density at radius 3 is 2.74 bits per heavy atom. The molecular formula is C29H33FN6O2. The number of nitrogens with one attached hydrogen (secondary N) is 1. The second kappa shape index (κ2) is 11.7. The van der Waals surface area contributed by atoms with Crippen LogP contribution in [-0.4, -0.2) is 65.4 Å². The molecule has 0 aliphatic carbocycles. The molecule has 5 rings (SSSR count). The zero-order chi connectivity index (χ0) is 26.5. The fourth-order valence-electron chi connectivity index (χ4n) is 5.05. The number of benzene rings is 2. The van der Waals surface area contributed by atoms with Crippen molar-refractivity contribution < 1.29 is 13.9 Å². The van der Waals surface area contributed by atoms with Crippen molar-refractivity contribution in [3.05, 3.63) is 78.0 Å². The summed E-state index contributed by atoms with van der Waals surface area (Å²) in [6, 6.07) is 16.8. The smallest absolute Gasteiger partial charge is 0.223 e. The standard InChI is InChI=1S/C29H33FN6O2/c1-35(18-20-5-4-6-24(17-20)38-3)19-23-11-12-26-34-27(21-7-9-22(30)10-8-21)28(36(23)26)25-13-14-31-29(33-25)32-15-16-37-2/h4-10,13-14,17,23H,11-12,15-16,18-19H2,1-3H3,(H,31,32,33)/t23-/m0/s1. The molecule has 9 heteroatoms. The molecule has 0 saturated carbocycles. The zero-order valence-corrected chi connectivity index (χ0v) is 22.0. The molecule has 8 nitrogen and oxygen atoms in total. The summed E-state index contributed by atoms with van der Waals surface area (Å²) in [6.45, 7) is 2.81. The molecule has 0 unspecified atom stereocenters. The van der Waals surface area contributed by atoms with E-state index in [-0.39, 0.29) is 11.9 Å². The van der Waals surface area contributed by atoms with Crippen LogP contribution in [0.4, 0.5) is 10.3 Å². The van der Waals surface area contributed by atoms with Crippen molar-refractivity contribution in [2.24, 2.45) is 0 Å². The number of hydrogen-bond acceptors (Lipinski definition) is 7. The topological polar surface area (TPSA) is 77.3 Å². The minimum Gasteiger partial charge on any atom is -0.497 e. The highest BCUT2D eigenvalue weighted by molar-refractivity contribution is 5.78. The van der Waals surface area contributed by atoms with Crippen LogP contribution in [0.5, 0.6) is 5.75 Å². The van der Waals surface area contributed by atoms with Gasteiger partial charge >= 0.3 is 0 Å². The molecule has 0 saturated heterocycles. The number of methoxy groups -OCH3 is 2. The number of hydrogen-bond donors (Lipinski definition) is 1. The summed E-state index contributed by atoms with van der Waals surface area (Å²) in [7, 11) is 5.49. The average molecular weight is 517 g/mol. The van der Waals surface area contributed by atoms with Gasteiger partial charge in [-0.15, -0.1) is 0 Å². The number of ether oxygens (including phenoxy) is 2. The third-order valence-corrected chi connectivity index (χ3v) is 6.76. The number of imidazole rings is 1. The third kappa shape index (κ3) is 5.69. The van der Waals surface area contributed by atoms with Gasteiger partial charge in [-0.05, 0) is 61.5 Å². The molecule has 3 heterocycles. The molecule has 198 valence electrons. The van der Waals surface area contributed by atoms with Gasteiger partial charge in [0.1, 0.15) is 17.4 Å². The van der Waals surface area contributed by atoms with Gasteiger partial charge in [0, 0.05) is 51.0 Å². The highest BCUT2D eigenvalue weighted by Crippen LogP contribution is 2.39. The number of likely N-dealkylation sites (N-methyl/N-ethyl adjacent to an activating group) is 1. The van der Waals surface area contributed by atoms with Gasteiger partial charge in [0.05, 0.1) is 30.8 Å². The summed E-state index contributed by atoms with van der Waals surface area (Å²) in [5.41, 5.74) is 4.58. The Hall–Kier alpha value is -3.82. The quantitative estimate of drug-likeness (QED) is 0.286. The molecule has 1 atom stereocenters. The predicted octanol–water partition coefficient (Wildman–Crippen LogP) is 4.83. The molecule has 0 fully saturated rings. The second-order valence-electron chi connectivity index (χ2n) is 9.53. The van der Waals surface area contributed by atoms with Gasteiger partial charge < -0.3 is 24.3 Å². The fourth-order valence-corrected chi connectivity index (χ4v) is 5.05. The van der Waals surface area contributed by atoms with E-state index >= 15 is 0 Å². The van der Waals surface area contributed by atoms with Gasteiger partial charge in [0.2, 0.25) is 5.95 Å². The van der Waals surface area contributed by atoms with Crippen LogP contribution in [0.3, 0.4) is 0 Å². The first-order valence-electron chi connectivity index (χ1n) is 12.8. The van der Waals surface area contributed by atoms with Gasteiger partial charge in [-0.25, -0.2) is 19.3 Å². The Morgan fingerprint density at radius 1 is 1.11 bits per heavy atom. The first kappa shape index (κ1) is 25.8. The SMILES string of the molecule is COCCNc1nccc(-c2c(-c3ccc(F)cc3)nc3n2[C@H](CN(C)Cc2cccc(OC)c2)CC3)n1. The summed E-state index contributed by atoms with van der Waals surface area (Å²) in [6.07, 6.45) is 3.62. The summed E-state index contributed by atoms with van der Waals surface area (Å²) in [5, 5.41) is 3.22. The van der Waals surface area contributed by atoms with E-state index in [4.69, 9.17) is 19.4 Å². The predicted molar refractivity (Wildman–Crippen MR) is 146 cm³/mol. The van der Waals surface area contributed by atoms with Crippen LogP contribution in [0.25, 0.3) is 22.6 Å². The maximum Gasteiger partial charge on any atom is 0.223 e. The molecule has 0 radical (unpaired) electrons. The van der Waals surface area contributed by atoms with E-state index in [1.807, 2.05) is 18.2 Å². The number of anilines is 1. The second-order valence-corrected chi connectivity index (χ2v) is 9.53. The van der Waals surface area contributed by atoms with E-state index in [0.29, 0.717) is 19.1 Å². The normalized spacial score (nSPS) is 14.6. The molecule has 0 amide bonds. The molecule has 1 aliphatic rings. The van der Waals surface area contributed by atoms with Crippen LogP contribution in [0.1, 0.15) is 23.9 Å². The Balaban J connectivity index is 1.48. The van der Waals surface area contributed by atoms with E-state index in [1.54, 1.807) is 32.5 Å². The van der Waals surface area contributed by atoms with Crippen LogP contribution in [-0.2, 0) is 17.7 Å². The van der Waals surface area contributed by atoms with Crippen molar-refractivity contribution in [3.8, 4) is 28.4 Å². The van der Waals surface area contributed by atoms with Gasteiger partial charge in [-0.2, -0.15) is 0 Å². The molecule has 38 heavy (non-hydrogen) atoms. The Morgan fingerprint density at radius 2 is 1.95 bits per heavy atom. The van der Waals surface area contributed by atoms with Gasteiger partial charge in [0.15, 0.2) is 0 Å². The molecule has 0 bridgehead atoms. The van der Waals surface area contributed by atoms with Crippen molar-refractivity contribution in [1.29, 1.82) is 0 Å². The van der Waals surface area contributed by atoms with Crippen molar-refractivity contribution in [2.45, 2.75) is 25.4 Å². The number of fused-ring (bicyclic) bond motifs is 1. The van der Waals surface area contributed by atoms with Crippen molar-refractivity contribution in [2.75, 3.05) is 46.3 Å². The lowest BCUT2D eigenvalue weighted by Crippen LogP contribution is -2.26. The van der Waals surface area contributed by atoms with Gasteiger partial charge in [0.25, 0.3) is 0 Å². The third-order valence-electron chi connectivity index (χ3n) is 6.76. The summed E-state index contributed by atoms with van der Waals surface area (Å²) >= 11 is 0. The summed E-state index contributed by atoms with van der Waals surface area (Å²) < 4.78 is 26.6. The molecule has 1 aliphatic heterocycles. The lowest BCUT2D eigenvalue weighted by Gasteiger charge is -2.24. The Bertz CT molecular complexity index is 1370. The number of aromatic nitrogens is 4. The van der Waals surface area contributed by atoms with E-state index < -0.39 is 0 Å². The number of nitrogens with zero attached hydrogens (tertiary/aromatic N) is 5. The van der Waals surface area contributed by atoms with E-state index in [0.717, 1.165) is 60.2 Å². The summed E-state index contributed by atoms with van der Waals surface area (Å²) in [4.78, 5) is 16.6. The maximum atomic E-state index is 13.7. The fraction of sp³-hybridized carbons (Fsp3) is 0.345. The van der Waals surface area contributed by atoms with E-state index in [9.17, 15) is 4.39 Å². The zero-order valence-electron chi connectivity index (χ0n) is 22.0. The van der Waals surface area contributed by atoms with Crippen LogP contribution in [0.2, 0.25) is 0 Å². The first-order valence-corrected chi connectivity index (χ1v) is 12.8. The van der Waals surface area contributed by atoms with Gasteiger partial charge in [-0.1, -0.05) is 12.1 Å². The number of rotatable bonds is 11. The van der Waals surface area contributed by atoms with Crippen molar-refractivity contribution in [1.82, 2.24) is 24.4 Å². The van der Waals surface area contributed by atoms with Gasteiger partial charge in [-0.3, -0.25) is 0 Å². The lowest BCUT2D eigenvalue weighted by atomic mass is 10.1. The van der Waals surface area contributed by atoms with Crippen LogP contribution in [0, 0.1) is 5.82 Å². The lowest BCUT2D eigenvalue weighted by molar-refractivity contribution is 0.210. The molecule has 2 aromatic heterocycles. The first-order chi connectivity index (χ1) is 18.6. The van der Waals surface area contributed by atoms with Crippen molar-refractivity contribution in [3.63, 3.8) is 0 Å². The molecular weight excluding hydrogens is 483 g/mol. The van der Waals surface area contributed by atoms with E-state index in [2.05, 4.69) is 38.9 Å². The van der Waals surface area contributed by atoms with Crippen LogP contribution >= 0.6 is 0 Å². The molecule has 0 spiro atoms. The molecule has 4 aromatic rings. The highest BCUT2D eigenvalue weighted by atomic mass is 19.1. The Labute approximate surface area is 222 Å². The number of halogens is 1. The number of aryl methyl sites for hydroxylation is 1. The van der Waals surface area contributed by atoms with E-state index in [1.165, 1.54) is 17.7 Å². The maximum absolute atomic E-state index is 13.7. The minimum atomic E-state index is -0.272. The largest absolute Gasteiger partial charge is 0.497 e. The molecule has 1 N–H and O–H groups in total. The average Bonchev–Trinajstić information content (AvgIpc) is 3.49. The highest BCUT2D eigenvalue weighted by Gasteiger charge is 2.31. The Kier molecular flexibility index (Phi) is 7.95. The monoisotopic (exact) mass is 516 g/mol. The molecule has 2 aromatic carbocycles. The summed E-state index contributed by atoms with van der Waals surface area (Å²) in [5.74, 6) is 2.14. The van der Waals surface area contributed by atoms with Crippen LogP contribution < -0.4 is 10.1 Å². The minimum absolute atomic E-state index is 0.220.